The number of halogens is 2. The van der Waals surface area contributed by atoms with Crippen LogP contribution in [-0.4, -0.2) is 32.0 Å². The highest BCUT2D eigenvalue weighted by molar-refractivity contribution is 6.31. The van der Waals surface area contributed by atoms with E-state index in [0.29, 0.717) is 18.0 Å². The Labute approximate surface area is 111 Å². The lowest BCUT2D eigenvalue weighted by Gasteiger charge is -2.38. The number of anilines is 1. The minimum atomic E-state index is 0.102. The van der Waals surface area contributed by atoms with Gasteiger partial charge in [0, 0.05) is 12.1 Å². The number of nitrogens with zero attached hydrogens (tertiary/aromatic N) is 4. The van der Waals surface area contributed by atoms with Crippen molar-refractivity contribution in [2.75, 3.05) is 5.43 Å². The molecular weight excluding hydrogens is 261 g/mol. The molecule has 0 radical (unpaired) electrons. The predicted molar refractivity (Wildman–Crippen MR) is 68.1 cm³/mol. The second-order valence-corrected chi connectivity index (χ2v) is 5.02. The summed E-state index contributed by atoms with van der Waals surface area (Å²) in [5.74, 6) is 0.399. The van der Waals surface area contributed by atoms with Gasteiger partial charge in [-0.2, -0.15) is 15.0 Å². The summed E-state index contributed by atoms with van der Waals surface area (Å²) < 4.78 is 0. The fourth-order valence-electron chi connectivity index (χ4n) is 2.13. The van der Waals surface area contributed by atoms with Gasteiger partial charge in [0.15, 0.2) is 0 Å². The van der Waals surface area contributed by atoms with E-state index in [1.165, 1.54) is 6.42 Å². The van der Waals surface area contributed by atoms with E-state index in [4.69, 9.17) is 23.2 Å². The van der Waals surface area contributed by atoms with Crippen LogP contribution in [0.4, 0.5) is 5.95 Å². The van der Waals surface area contributed by atoms with Gasteiger partial charge in [0.25, 0.3) is 0 Å². The first-order valence-electron chi connectivity index (χ1n) is 5.68. The van der Waals surface area contributed by atoms with Crippen LogP contribution in [0, 0.1) is 0 Å². The summed E-state index contributed by atoms with van der Waals surface area (Å²) >= 11 is 11.5. The molecule has 94 valence electrons. The van der Waals surface area contributed by atoms with E-state index in [2.05, 4.69) is 39.2 Å². The van der Waals surface area contributed by atoms with Crippen molar-refractivity contribution in [1.29, 1.82) is 0 Å². The summed E-state index contributed by atoms with van der Waals surface area (Å²) in [5, 5.41) is 2.35. The Hall–Kier alpha value is -0.650. The van der Waals surface area contributed by atoms with E-state index in [-0.39, 0.29) is 10.6 Å². The summed E-state index contributed by atoms with van der Waals surface area (Å²) in [6, 6.07) is 0.876. The average molecular weight is 276 g/mol. The maximum Gasteiger partial charge on any atom is 0.243 e. The number of piperidine rings is 1. The molecule has 0 saturated carbocycles. The molecule has 1 aromatic rings. The molecule has 0 spiro atoms. The SMILES string of the molecule is CC1CCCC(C)N1Nc1nc(Cl)nc(Cl)n1. The van der Waals surface area contributed by atoms with Crippen LogP contribution < -0.4 is 5.43 Å². The summed E-state index contributed by atoms with van der Waals surface area (Å²) in [5.41, 5.74) is 3.16. The standard InChI is InChI=1S/C10H15Cl2N5/c1-6-4-3-5-7(2)17(6)16-10-14-8(11)13-9(12)15-10/h6-7H,3-5H2,1-2H3,(H,13,14,15,16). The number of aromatic nitrogens is 3. The molecule has 0 amide bonds. The largest absolute Gasteiger partial charge is 0.286 e. The van der Waals surface area contributed by atoms with E-state index < -0.39 is 0 Å². The first-order chi connectivity index (χ1) is 8.06. The van der Waals surface area contributed by atoms with Crippen LogP contribution in [0.1, 0.15) is 33.1 Å². The lowest BCUT2D eigenvalue weighted by molar-refractivity contribution is 0.134. The van der Waals surface area contributed by atoms with Crippen molar-refractivity contribution in [3.05, 3.63) is 10.6 Å². The molecule has 2 heterocycles. The van der Waals surface area contributed by atoms with Crippen molar-refractivity contribution in [2.45, 2.75) is 45.2 Å². The van der Waals surface area contributed by atoms with Crippen molar-refractivity contribution in [3.8, 4) is 0 Å². The second kappa shape index (κ2) is 5.33. The third-order valence-electron chi connectivity index (χ3n) is 3.00. The molecule has 2 rings (SSSR count). The highest BCUT2D eigenvalue weighted by Crippen LogP contribution is 2.22. The zero-order valence-electron chi connectivity index (χ0n) is 9.82. The van der Waals surface area contributed by atoms with Gasteiger partial charge in [-0.3, -0.25) is 5.43 Å². The van der Waals surface area contributed by atoms with Crippen molar-refractivity contribution in [2.24, 2.45) is 0 Å². The zero-order chi connectivity index (χ0) is 12.4. The number of hydrogen-bond acceptors (Lipinski definition) is 5. The van der Waals surface area contributed by atoms with Gasteiger partial charge in [-0.1, -0.05) is 6.42 Å². The Kier molecular flexibility index (Phi) is 4.01. The molecule has 1 aliphatic heterocycles. The monoisotopic (exact) mass is 275 g/mol. The van der Waals surface area contributed by atoms with Crippen molar-refractivity contribution in [3.63, 3.8) is 0 Å². The topological polar surface area (TPSA) is 53.9 Å². The molecule has 1 fully saturated rings. The average Bonchev–Trinajstić information content (AvgIpc) is 2.22. The Bertz CT molecular complexity index is 370. The third-order valence-corrected chi connectivity index (χ3v) is 3.34. The Morgan fingerprint density at radius 3 is 2.12 bits per heavy atom. The van der Waals surface area contributed by atoms with Crippen LogP contribution in [0.3, 0.4) is 0 Å². The molecule has 1 aliphatic rings. The van der Waals surface area contributed by atoms with Gasteiger partial charge in [-0.25, -0.2) is 5.01 Å². The molecule has 1 saturated heterocycles. The van der Waals surface area contributed by atoms with Crippen molar-refractivity contribution < 1.29 is 0 Å². The zero-order valence-corrected chi connectivity index (χ0v) is 11.3. The van der Waals surface area contributed by atoms with E-state index in [9.17, 15) is 0 Å². The highest BCUT2D eigenvalue weighted by Gasteiger charge is 2.25. The second-order valence-electron chi connectivity index (χ2n) is 4.35. The van der Waals surface area contributed by atoms with Crippen LogP contribution in [0.15, 0.2) is 0 Å². The molecule has 17 heavy (non-hydrogen) atoms. The first kappa shape index (κ1) is 12.8. The number of nitrogens with one attached hydrogen (secondary N) is 1. The van der Waals surface area contributed by atoms with Crippen LogP contribution in [-0.2, 0) is 0 Å². The van der Waals surface area contributed by atoms with Gasteiger partial charge in [0.05, 0.1) is 0 Å². The third kappa shape index (κ3) is 3.18. The van der Waals surface area contributed by atoms with Gasteiger partial charge in [0.1, 0.15) is 0 Å². The van der Waals surface area contributed by atoms with E-state index >= 15 is 0 Å². The molecule has 0 aliphatic carbocycles. The maximum atomic E-state index is 5.74. The minimum absolute atomic E-state index is 0.102. The lowest BCUT2D eigenvalue weighted by atomic mass is 10.00. The lowest BCUT2D eigenvalue weighted by Crippen LogP contribution is -2.47. The Morgan fingerprint density at radius 2 is 1.59 bits per heavy atom. The molecule has 2 atom stereocenters. The molecule has 2 unspecified atom stereocenters. The highest BCUT2D eigenvalue weighted by atomic mass is 35.5. The van der Waals surface area contributed by atoms with Crippen LogP contribution in [0.2, 0.25) is 10.6 Å². The van der Waals surface area contributed by atoms with E-state index in [0.717, 1.165) is 12.8 Å². The first-order valence-corrected chi connectivity index (χ1v) is 6.44. The van der Waals surface area contributed by atoms with Gasteiger partial charge < -0.3 is 0 Å². The van der Waals surface area contributed by atoms with Gasteiger partial charge in [-0.05, 0) is 49.9 Å². The van der Waals surface area contributed by atoms with Gasteiger partial charge >= 0.3 is 0 Å². The van der Waals surface area contributed by atoms with E-state index in [1.807, 2.05) is 0 Å². The quantitative estimate of drug-likeness (QED) is 0.900. The number of hydrogen-bond donors (Lipinski definition) is 1. The van der Waals surface area contributed by atoms with E-state index in [1.54, 1.807) is 0 Å². The smallest absolute Gasteiger partial charge is 0.243 e. The fraction of sp³-hybridized carbons (Fsp3) is 0.700. The summed E-state index contributed by atoms with van der Waals surface area (Å²) in [4.78, 5) is 11.7. The molecular formula is C10H15Cl2N5. The molecule has 5 nitrogen and oxygen atoms in total. The van der Waals surface area contributed by atoms with Crippen molar-refractivity contribution >= 4 is 29.2 Å². The summed E-state index contributed by atoms with van der Waals surface area (Å²) in [6.45, 7) is 4.35. The Morgan fingerprint density at radius 1 is 1.06 bits per heavy atom. The summed E-state index contributed by atoms with van der Waals surface area (Å²) in [6.07, 6.45) is 3.56. The normalized spacial score (nSPS) is 25.9. The molecule has 1 aromatic heterocycles. The number of rotatable bonds is 2. The molecule has 0 aromatic carbocycles. The maximum absolute atomic E-state index is 5.74. The number of hydrazine groups is 1. The van der Waals surface area contributed by atoms with Crippen LogP contribution in [0.5, 0.6) is 0 Å². The van der Waals surface area contributed by atoms with Crippen LogP contribution >= 0.6 is 23.2 Å². The van der Waals surface area contributed by atoms with Gasteiger partial charge in [-0.15, -0.1) is 0 Å². The molecule has 7 heteroatoms. The Balaban J connectivity index is 2.13. The molecule has 1 N–H and O–H groups in total. The van der Waals surface area contributed by atoms with Crippen molar-refractivity contribution in [1.82, 2.24) is 20.0 Å². The summed E-state index contributed by atoms with van der Waals surface area (Å²) in [7, 11) is 0. The molecule has 0 bridgehead atoms. The predicted octanol–water partition coefficient (Wildman–Crippen LogP) is 2.77. The minimum Gasteiger partial charge on any atom is -0.286 e. The van der Waals surface area contributed by atoms with Gasteiger partial charge in [0.2, 0.25) is 16.5 Å². The fourth-order valence-corrected chi connectivity index (χ4v) is 2.50. The van der Waals surface area contributed by atoms with Crippen LogP contribution in [0.25, 0.3) is 0 Å².